The third kappa shape index (κ3) is 3.72. The molecule has 0 aliphatic carbocycles. The van der Waals surface area contributed by atoms with E-state index in [2.05, 4.69) is 90.8 Å². The average molecular weight is 302 g/mol. The van der Waals surface area contributed by atoms with Gasteiger partial charge in [-0.3, -0.25) is 0 Å². The second-order valence-electron chi connectivity index (χ2n) is 5.84. The van der Waals surface area contributed by atoms with Gasteiger partial charge < -0.3 is 10.2 Å². The summed E-state index contributed by atoms with van der Waals surface area (Å²) >= 11 is 0. The summed E-state index contributed by atoms with van der Waals surface area (Å²) in [5, 5.41) is 3.42. The van der Waals surface area contributed by atoms with Crippen molar-refractivity contribution in [3.8, 4) is 0 Å². The fourth-order valence-electron chi connectivity index (χ4n) is 2.73. The van der Waals surface area contributed by atoms with Gasteiger partial charge in [0.05, 0.1) is 0 Å². The Morgan fingerprint density at radius 3 is 1.65 bits per heavy atom. The molecule has 1 N–H and O–H groups in total. The Balaban J connectivity index is 1.82. The molecule has 0 spiro atoms. The van der Waals surface area contributed by atoms with E-state index >= 15 is 0 Å². The van der Waals surface area contributed by atoms with Gasteiger partial charge in [-0.2, -0.15) is 0 Å². The molecule has 0 amide bonds. The minimum Gasteiger partial charge on any atom is -0.356 e. The quantitative estimate of drug-likeness (QED) is 0.624. The standard InChI is InChI=1S/C21H22N2/c1-17(2)23(20-11-7-4-8-12-20)21-15-13-19(14-16-21)22-18-9-5-3-6-10-18/h3-17,22H,1-2H3. The molecule has 3 aromatic carbocycles. The Morgan fingerprint density at radius 1 is 0.609 bits per heavy atom. The van der Waals surface area contributed by atoms with Crippen LogP contribution in [-0.2, 0) is 0 Å². The zero-order valence-electron chi connectivity index (χ0n) is 13.6. The van der Waals surface area contributed by atoms with Gasteiger partial charge >= 0.3 is 0 Å². The normalized spacial score (nSPS) is 10.6. The lowest BCUT2D eigenvalue weighted by Gasteiger charge is -2.29. The number of para-hydroxylation sites is 2. The lowest BCUT2D eigenvalue weighted by molar-refractivity contribution is 0.789. The SMILES string of the molecule is CC(C)N(c1ccccc1)c1ccc(Nc2ccccc2)cc1. The summed E-state index contributed by atoms with van der Waals surface area (Å²) in [6.45, 7) is 4.42. The highest BCUT2D eigenvalue weighted by Crippen LogP contribution is 2.29. The van der Waals surface area contributed by atoms with E-state index < -0.39 is 0 Å². The molecule has 3 aromatic rings. The first kappa shape index (κ1) is 15.2. The van der Waals surface area contributed by atoms with Crippen molar-refractivity contribution in [2.24, 2.45) is 0 Å². The van der Waals surface area contributed by atoms with E-state index in [4.69, 9.17) is 0 Å². The maximum Gasteiger partial charge on any atom is 0.0414 e. The van der Waals surface area contributed by atoms with Crippen LogP contribution in [0.5, 0.6) is 0 Å². The van der Waals surface area contributed by atoms with Crippen LogP contribution in [0.25, 0.3) is 0 Å². The summed E-state index contributed by atoms with van der Waals surface area (Å²) in [4.78, 5) is 2.34. The number of nitrogens with zero attached hydrogens (tertiary/aromatic N) is 1. The molecule has 2 heteroatoms. The third-order valence-corrected chi connectivity index (χ3v) is 3.76. The Bertz CT molecular complexity index is 719. The number of hydrogen-bond donors (Lipinski definition) is 1. The summed E-state index contributed by atoms with van der Waals surface area (Å²) in [5.41, 5.74) is 4.61. The molecule has 0 fully saturated rings. The van der Waals surface area contributed by atoms with Gasteiger partial charge in [0.1, 0.15) is 0 Å². The molecular formula is C21H22N2. The van der Waals surface area contributed by atoms with Crippen LogP contribution < -0.4 is 10.2 Å². The Morgan fingerprint density at radius 2 is 1.09 bits per heavy atom. The number of benzene rings is 3. The summed E-state index contributed by atoms with van der Waals surface area (Å²) < 4.78 is 0. The van der Waals surface area contributed by atoms with E-state index in [-0.39, 0.29) is 0 Å². The highest BCUT2D eigenvalue weighted by Gasteiger charge is 2.12. The molecule has 0 bridgehead atoms. The van der Waals surface area contributed by atoms with Gasteiger partial charge in [-0.05, 0) is 62.4 Å². The number of hydrogen-bond acceptors (Lipinski definition) is 2. The first-order valence-corrected chi connectivity index (χ1v) is 8.00. The topological polar surface area (TPSA) is 15.3 Å². The smallest absolute Gasteiger partial charge is 0.0414 e. The zero-order valence-corrected chi connectivity index (χ0v) is 13.6. The van der Waals surface area contributed by atoms with Gasteiger partial charge in [0.15, 0.2) is 0 Å². The van der Waals surface area contributed by atoms with Crippen LogP contribution in [0.15, 0.2) is 84.9 Å². The van der Waals surface area contributed by atoms with Crippen LogP contribution in [0.3, 0.4) is 0 Å². The molecule has 0 saturated heterocycles. The van der Waals surface area contributed by atoms with Gasteiger partial charge in [-0.1, -0.05) is 36.4 Å². The maximum absolute atomic E-state index is 3.42. The minimum atomic E-state index is 0.394. The van der Waals surface area contributed by atoms with Crippen molar-refractivity contribution >= 4 is 22.7 Å². The van der Waals surface area contributed by atoms with Gasteiger partial charge in [0.25, 0.3) is 0 Å². The lowest BCUT2D eigenvalue weighted by Crippen LogP contribution is -2.25. The fourth-order valence-corrected chi connectivity index (χ4v) is 2.73. The fraction of sp³-hybridized carbons (Fsp3) is 0.143. The average Bonchev–Trinajstić information content (AvgIpc) is 2.58. The van der Waals surface area contributed by atoms with E-state index in [1.54, 1.807) is 0 Å². The van der Waals surface area contributed by atoms with Crippen LogP contribution >= 0.6 is 0 Å². The van der Waals surface area contributed by atoms with Crippen molar-refractivity contribution in [1.29, 1.82) is 0 Å². The van der Waals surface area contributed by atoms with Crippen molar-refractivity contribution in [2.45, 2.75) is 19.9 Å². The number of rotatable bonds is 5. The van der Waals surface area contributed by atoms with Crippen molar-refractivity contribution in [2.75, 3.05) is 10.2 Å². The van der Waals surface area contributed by atoms with Gasteiger partial charge in [-0.15, -0.1) is 0 Å². The number of anilines is 4. The zero-order chi connectivity index (χ0) is 16.1. The molecule has 0 unspecified atom stereocenters. The second-order valence-corrected chi connectivity index (χ2v) is 5.84. The summed E-state index contributed by atoms with van der Waals surface area (Å²) in [6, 6.07) is 29.7. The molecule has 0 radical (unpaired) electrons. The number of nitrogens with one attached hydrogen (secondary N) is 1. The van der Waals surface area contributed by atoms with E-state index in [0.717, 1.165) is 11.4 Å². The molecule has 0 heterocycles. The molecule has 0 aromatic heterocycles. The Hall–Kier alpha value is -2.74. The van der Waals surface area contributed by atoms with Crippen LogP contribution in [0.1, 0.15) is 13.8 Å². The molecule has 0 aliphatic rings. The molecular weight excluding hydrogens is 280 g/mol. The van der Waals surface area contributed by atoms with E-state index in [1.807, 2.05) is 18.2 Å². The predicted molar refractivity (Wildman–Crippen MR) is 99.9 cm³/mol. The van der Waals surface area contributed by atoms with E-state index in [1.165, 1.54) is 11.4 Å². The largest absolute Gasteiger partial charge is 0.356 e. The van der Waals surface area contributed by atoms with Gasteiger partial charge in [0, 0.05) is 28.8 Å². The van der Waals surface area contributed by atoms with Crippen molar-refractivity contribution in [3.63, 3.8) is 0 Å². The summed E-state index contributed by atoms with van der Waals surface area (Å²) in [7, 11) is 0. The first-order valence-electron chi connectivity index (χ1n) is 8.00. The Kier molecular flexibility index (Phi) is 4.62. The summed E-state index contributed by atoms with van der Waals surface area (Å²) in [6.07, 6.45) is 0. The molecule has 116 valence electrons. The summed E-state index contributed by atoms with van der Waals surface area (Å²) in [5.74, 6) is 0. The van der Waals surface area contributed by atoms with Crippen LogP contribution in [-0.4, -0.2) is 6.04 Å². The highest BCUT2D eigenvalue weighted by atomic mass is 15.2. The van der Waals surface area contributed by atoms with Gasteiger partial charge in [-0.25, -0.2) is 0 Å². The van der Waals surface area contributed by atoms with E-state index in [9.17, 15) is 0 Å². The molecule has 0 saturated carbocycles. The van der Waals surface area contributed by atoms with Crippen molar-refractivity contribution < 1.29 is 0 Å². The third-order valence-electron chi connectivity index (χ3n) is 3.76. The molecule has 0 aliphatic heterocycles. The lowest BCUT2D eigenvalue weighted by atomic mass is 10.1. The first-order chi connectivity index (χ1) is 11.2. The van der Waals surface area contributed by atoms with Crippen molar-refractivity contribution in [3.05, 3.63) is 84.9 Å². The monoisotopic (exact) mass is 302 g/mol. The van der Waals surface area contributed by atoms with Crippen molar-refractivity contribution in [1.82, 2.24) is 0 Å². The molecule has 0 atom stereocenters. The van der Waals surface area contributed by atoms with Crippen LogP contribution in [0, 0.1) is 0 Å². The van der Waals surface area contributed by atoms with E-state index in [0.29, 0.717) is 6.04 Å². The minimum absolute atomic E-state index is 0.394. The second kappa shape index (κ2) is 7.01. The highest BCUT2D eigenvalue weighted by molar-refractivity contribution is 5.68. The maximum atomic E-state index is 3.42. The Labute approximate surface area is 138 Å². The molecule has 3 rings (SSSR count). The van der Waals surface area contributed by atoms with Gasteiger partial charge in [0.2, 0.25) is 0 Å². The molecule has 2 nitrogen and oxygen atoms in total. The molecule has 23 heavy (non-hydrogen) atoms. The predicted octanol–water partition coefficient (Wildman–Crippen LogP) is 5.98. The van der Waals surface area contributed by atoms with Crippen LogP contribution in [0.4, 0.5) is 22.7 Å². The van der Waals surface area contributed by atoms with Crippen LogP contribution in [0.2, 0.25) is 0 Å².